The van der Waals surface area contributed by atoms with Crippen LogP contribution in [0.2, 0.25) is 0 Å². The lowest BCUT2D eigenvalue weighted by Crippen LogP contribution is -2.30. The number of carbonyl (C=O) groups is 2. The van der Waals surface area contributed by atoms with E-state index >= 15 is 0 Å². The summed E-state index contributed by atoms with van der Waals surface area (Å²) in [6.07, 6.45) is 0.741. The Labute approximate surface area is 213 Å². The number of hydrogen-bond acceptors (Lipinski definition) is 5. The second-order valence-electron chi connectivity index (χ2n) is 9.74. The Bertz CT molecular complexity index is 1610. The smallest absolute Gasteiger partial charge is 0.352 e. The third-order valence-corrected chi connectivity index (χ3v) is 6.14. The van der Waals surface area contributed by atoms with Gasteiger partial charge in [0.25, 0.3) is 11.5 Å². The van der Waals surface area contributed by atoms with Crippen molar-refractivity contribution in [2.75, 3.05) is 11.9 Å². The van der Waals surface area contributed by atoms with Crippen LogP contribution in [-0.2, 0) is 17.8 Å². The van der Waals surface area contributed by atoms with E-state index < -0.39 is 11.6 Å². The fraction of sp³-hybridized carbons (Fsp3) is 0.370. The molecule has 0 saturated heterocycles. The summed E-state index contributed by atoms with van der Waals surface area (Å²) in [6, 6.07) is 11.8. The Kier molecular flexibility index (Phi) is 7.28. The first kappa shape index (κ1) is 25.9. The molecule has 0 aliphatic rings. The molecule has 0 bridgehead atoms. The van der Waals surface area contributed by atoms with Gasteiger partial charge in [-0.1, -0.05) is 39.0 Å². The van der Waals surface area contributed by atoms with Crippen molar-refractivity contribution in [2.24, 2.45) is 5.92 Å². The SMILES string of the molecule is CCc1ccccc1NC(=O)Cn1nc2n(C(C)C)c(=O)c3ccc(C(=O)NCC(C)C)cc3n2c1=O. The van der Waals surface area contributed by atoms with Crippen LogP contribution in [0.3, 0.4) is 0 Å². The number of hydrogen-bond donors (Lipinski definition) is 2. The number of anilines is 1. The number of amides is 2. The van der Waals surface area contributed by atoms with E-state index in [-0.39, 0.29) is 46.7 Å². The fourth-order valence-electron chi connectivity index (χ4n) is 4.27. The molecule has 4 aromatic rings. The molecule has 0 aliphatic carbocycles. The van der Waals surface area contributed by atoms with E-state index in [1.807, 2.05) is 52.8 Å². The second kappa shape index (κ2) is 10.4. The van der Waals surface area contributed by atoms with Crippen LogP contribution < -0.4 is 21.9 Å². The lowest BCUT2D eigenvalue weighted by Gasteiger charge is -2.13. The van der Waals surface area contributed by atoms with Crippen LogP contribution in [0, 0.1) is 5.92 Å². The predicted molar refractivity (Wildman–Crippen MR) is 143 cm³/mol. The third kappa shape index (κ3) is 5.04. The Morgan fingerprint density at radius 1 is 1.03 bits per heavy atom. The summed E-state index contributed by atoms with van der Waals surface area (Å²) in [6.45, 7) is 9.77. The topological polar surface area (TPSA) is 120 Å². The number of benzene rings is 2. The maximum atomic E-state index is 13.5. The zero-order valence-corrected chi connectivity index (χ0v) is 21.7. The highest BCUT2D eigenvalue weighted by molar-refractivity contribution is 5.98. The highest BCUT2D eigenvalue weighted by Crippen LogP contribution is 2.18. The first-order valence-corrected chi connectivity index (χ1v) is 12.5. The standard InChI is InChI=1S/C27H32N6O4/c1-6-18-9-7-8-10-21(18)29-23(34)15-31-27(37)33-22-13-19(24(35)28-14-16(2)3)11-12-20(22)25(36)32(17(4)5)26(33)30-31/h7-13,16-17H,6,14-15H2,1-5H3,(H,28,35)(H,29,34). The number of fused-ring (bicyclic) bond motifs is 3. The van der Waals surface area contributed by atoms with E-state index in [2.05, 4.69) is 15.7 Å². The van der Waals surface area contributed by atoms with Crippen molar-refractivity contribution in [3.63, 3.8) is 0 Å². The van der Waals surface area contributed by atoms with Crippen LogP contribution in [0.5, 0.6) is 0 Å². The average Bonchev–Trinajstić information content (AvgIpc) is 3.17. The molecule has 2 amide bonds. The first-order valence-electron chi connectivity index (χ1n) is 12.5. The number of para-hydroxylation sites is 1. The minimum atomic E-state index is -0.576. The van der Waals surface area contributed by atoms with E-state index in [1.54, 1.807) is 18.2 Å². The average molecular weight is 505 g/mol. The number of nitrogens with zero attached hydrogens (tertiary/aromatic N) is 4. The summed E-state index contributed by atoms with van der Waals surface area (Å²) in [4.78, 5) is 52.4. The summed E-state index contributed by atoms with van der Waals surface area (Å²) in [5.74, 6) is -0.334. The highest BCUT2D eigenvalue weighted by atomic mass is 16.2. The molecule has 0 spiro atoms. The largest absolute Gasteiger partial charge is 0.352 e. The van der Waals surface area contributed by atoms with Crippen molar-refractivity contribution >= 4 is 34.2 Å². The zero-order chi connectivity index (χ0) is 26.9. The van der Waals surface area contributed by atoms with E-state index in [1.165, 1.54) is 15.0 Å². The van der Waals surface area contributed by atoms with Gasteiger partial charge < -0.3 is 10.6 Å². The van der Waals surface area contributed by atoms with Gasteiger partial charge in [0.05, 0.1) is 10.9 Å². The van der Waals surface area contributed by atoms with E-state index in [4.69, 9.17) is 0 Å². The van der Waals surface area contributed by atoms with Crippen LogP contribution >= 0.6 is 0 Å². The van der Waals surface area contributed by atoms with Gasteiger partial charge in [0, 0.05) is 23.8 Å². The monoisotopic (exact) mass is 504 g/mol. The maximum Gasteiger partial charge on any atom is 0.352 e. The first-order chi connectivity index (χ1) is 17.6. The van der Waals surface area contributed by atoms with Crippen molar-refractivity contribution in [2.45, 2.75) is 53.6 Å². The molecule has 0 saturated carbocycles. The summed E-state index contributed by atoms with van der Waals surface area (Å²) >= 11 is 0. The Balaban J connectivity index is 1.82. The Morgan fingerprint density at radius 2 is 1.76 bits per heavy atom. The van der Waals surface area contributed by atoms with Crippen LogP contribution in [0.4, 0.5) is 5.69 Å². The normalized spacial score (nSPS) is 11.5. The molecule has 194 valence electrons. The summed E-state index contributed by atoms with van der Waals surface area (Å²) < 4.78 is 3.76. The minimum Gasteiger partial charge on any atom is -0.352 e. The van der Waals surface area contributed by atoms with Gasteiger partial charge in [-0.25, -0.2) is 13.9 Å². The van der Waals surface area contributed by atoms with Crippen LogP contribution in [0.1, 0.15) is 56.6 Å². The maximum absolute atomic E-state index is 13.5. The van der Waals surface area contributed by atoms with Crippen LogP contribution in [-0.4, -0.2) is 37.1 Å². The molecule has 2 aromatic heterocycles. The molecule has 0 fully saturated rings. The molecule has 0 aliphatic heterocycles. The van der Waals surface area contributed by atoms with Crippen molar-refractivity contribution in [1.82, 2.24) is 24.1 Å². The molecular weight excluding hydrogens is 472 g/mol. The molecule has 37 heavy (non-hydrogen) atoms. The van der Waals surface area contributed by atoms with Crippen LogP contribution in [0.15, 0.2) is 52.1 Å². The molecule has 2 N–H and O–H groups in total. The van der Waals surface area contributed by atoms with Gasteiger partial charge in [-0.05, 0) is 56.0 Å². The molecule has 10 nitrogen and oxygen atoms in total. The lowest BCUT2D eigenvalue weighted by atomic mass is 10.1. The Morgan fingerprint density at radius 3 is 2.43 bits per heavy atom. The van der Waals surface area contributed by atoms with Gasteiger partial charge in [0.15, 0.2) is 0 Å². The molecule has 2 heterocycles. The zero-order valence-electron chi connectivity index (χ0n) is 21.7. The van der Waals surface area contributed by atoms with E-state index in [0.29, 0.717) is 17.8 Å². The fourth-order valence-corrected chi connectivity index (χ4v) is 4.27. The summed E-state index contributed by atoms with van der Waals surface area (Å²) in [5.41, 5.74) is 1.33. The quantitative estimate of drug-likeness (QED) is 0.382. The molecule has 4 rings (SSSR count). The van der Waals surface area contributed by atoms with Gasteiger partial charge in [0.1, 0.15) is 6.54 Å². The number of nitrogens with one attached hydrogen (secondary N) is 2. The van der Waals surface area contributed by atoms with Gasteiger partial charge in [-0.2, -0.15) is 0 Å². The van der Waals surface area contributed by atoms with Crippen molar-refractivity contribution in [1.29, 1.82) is 0 Å². The van der Waals surface area contributed by atoms with Crippen molar-refractivity contribution in [3.05, 3.63) is 74.4 Å². The minimum absolute atomic E-state index is 0.110. The molecule has 0 atom stereocenters. The van der Waals surface area contributed by atoms with Gasteiger partial charge in [-0.15, -0.1) is 5.10 Å². The van der Waals surface area contributed by atoms with Gasteiger partial charge in [-0.3, -0.25) is 19.0 Å². The highest BCUT2D eigenvalue weighted by Gasteiger charge is 2.21. The van der Waals surface area contributed by atoms with Crippen LogP contribution in [0.25, 0.3) is 16.7 Å². The Hall–Kier alpha value is -4.21. The number of rotatable bonds is 8. The third-order valence-electron chi connectivity index (χ3n) is 6.14. The van der Waals surface area contributed by atoms with E-state index in [0.717, 1.165) is 16.7 Å². The van der Waals surface area contributed by atoms with Crippen molar-refractivity contribution < 1.29 is 9.59 Å². The molecule has 0 unspecified atom stereocenters. The number of aromatic nitrogens is 4. The molecular formula is C27H32N6O4. The molecule has 2 aromatic carbocycles. The summed E-state index contributed by atoms with van der Waals surface area (Å²) in [5, 5.41) is 10.3. The van der Waals surface area contributed by atoms with E-state index in [9.17, 15) is 19.2 Å². The molecule has 0 radical (unpaired) electrons. The predicted octanol–water partition coefficient (Wildman–Crippen LogP) is 2.98. The van der Waals surface area contributed by atoms with Gasteiger partial charge >= 0.3 is 5.69 Å². The van der Waals surface area contributed by atoms with Gasteiger partial charge in [0.2, 0.25) is 11.7 Å². The molecule has 10 heteroatoms. The number of aryl methyl sites for hydroxylation is 1. The van der Waals surface area contributed by atoms with Crippen molar-refractivity contribution in [3.8, 4) is 0 Å². The second-order valence-corrected chi connectivity index (χ2v) is 9.74. The lowest BCUT2D eigenvalue weighted by molar-refractivity contribution is -0.117. The summed E-state index contributed by atoms with van der Waals surface area (Å²) in [7, 11) is 0. The number of carbonyl (C=O) groups excluding carboxylic acids is 2.